The molecule has 1 aliphatic carbocycles. The number of hydrogen-bond acceptors (Lipinski definition) is 3. The van der Waals surface area contributed by atoms with Gasteiger partial charge in [-0.05, 0) is 25.7 Å². The van der Waals surface area contributed by atoms with Crippen LogP contribution in [0, 0.1) is 5.41 Å². The molecule has 2 fully saturated rings. The maximum atomic E-state index is 12.2. The zero-order chi connectivity index (χ0) is 12.3. The van der Waals surface area contributed by atoms with Crippen LogP contribution in [0.1, 0.15) is 38.5 Å². The van der Waals surface area contributed by atoms with E-state index in [2.05, 4.69) is 10.6 Å². The summed E-state index contributed by atoms with van der Waals surface area (Å²) in [5.74, 6) is -0.0886. The van der Waals surface area contributed by atoms with E-state index in [-0.39, 0.29) is 30.3 Å². The number of carbonyl (C=O) groups is 2. The lowest BCUT2D eigenvalue weighted by atomic mass is 9.85. The van der Waals surface area contributed by atoms with Gasteiger partial charge in [0.25, 0.3) is 0 Å². The number of rotatable bonds is 3. The quantitative estimate of drug-likeness (QED) is 0.694. The number of halogens is 1. The van der Waals surface area contributed by atoms with Crippen LogP contribution in [0.3, 0.4) is 0 Å². The number of piperidine rings is 1. The average Bonchev–Trinajstić information content (AvgIpc) is 2.82. The van der Waals surface area contributed by atoms with Crippen molar-refractivity contribution in [1.82, 2.24) is 10.6 Å². The molecule has 0 bridgehead atoms. The minimum Gasteiger partial charge on any atom is -0.354 e. The second-order valence-electron chi connectivity index (χ2n) is 5.15. The van der Waals surface area contributed by atoms with E-state index in [9.17, 15) is 9.59 Å². The molecule has 0 aromatic carbocycles. The van der Waals surface area contributed by atoms with E-state index in [1.165, 1.54) is 0 Å². The zero-order valence-electron chi connectivity index (χ0n) is 10.5. The summed E-state index contributed by atoms with van der Waals surface area (Å²) in [6, 6.07) is -0.361. The molecule has 0 spiro atoms. The van der Waals surface area contributed by atoms with Crippen molar-refractivity contribution in [3.05, 3.63) is 0 Å². The van der Waals surface area contributed by atoms with Crippen molar-refractivity contribution >= 4 is 24.2 Å². The summed E-state index contributed by atoms with van der Waals surface area (Å²) < 4.78 is 0. The summed E-state index contributed by atoms with van der Waals surface area (Å²) in [6.07, 6.45) is 5.47. The Labute approximate surface area is 114 Å². The van der Waals surface area contributed by atoms with E-state index in [4.69, 9.17) is 5.73 Å². The van der Waals surface area contributed by atoms with Crippen LogP contribution >= 0.6 is 12.4 Å². The summed E-state index contributed by atoms with van der Waals surface area (Å²) in [7, 11) is 0. The van der Waals surface area contributed by atoms with Gasteiger partial charge in [0.15, 0.2) is 0 Å². The van der Waals surface area contributed by atoms with Gasteiger partial charge in [0, 0.05) is 13.1 Å². The predicted octanol–water partition coefficient (Wildman–Crippen LogP) is 0.322. The van der Waals surface area contributed by atoms with Crippen molar-refractivity contribution in [2.75, 3.05) is 13.1 Å². The standard InChI is InChI=1S/C12H21N3O2.ClH/c13-8-12(5-1-2-6-12)11(17)15-9-4-3-7-14-10(9)16;/h9H,1-8,13H2,(H,14,16)(H,15,17);1H. The number of hydrogen-bond donors (Lipinski definition) is 3. The molecule has 1 saturated carbocycles. The molecule has 1 aliphatic heterocycles. The van der Waals surface area contributed by atoms with Crippen LogP contribution in [0.15, 0.2) is 0 Å². The van der Waals surface area contributed by atoms with Gasteiger partial charge in [0.05, 0.1) is 5.41 Å². The molecular formula is C12H22ClN3O2. The number of nitrogens with two attached hydrogens (primary N) is 1. The fourth-order valence-electron chi connectivity index (χ4n) is 2.80. The van der Waals surface area contributed by atoms with Crippen LogP contribution in [0.2, 0.25) is 0 Å². The predicted molar refractivity (Wildman–Crippen MR) is 71.4 cm³/mol. The summed E-state index contributed by atoms with van der Waals surface area (Å²) in [4.78, 5) is 23.8. The molecule has 2 amide bonds. The largest absolute Gasteiger partial charge is 0.354 e. The molecule has 0 radical (unpaired) electrons. The second kappa shape index (κ2) is 6.38. The first-order valence-electron chi connectivity index (χ1n) is 6.47. The van der Waals surface area contributed by atoms with Crippen LogP contribution in [0.25, 0.3) is 0 Å². The Morgan fingerprint density at radius 3 is 2.61 bits per heavy atom. The Kier molecular flexibility index (Phi) is 5.41. The summed E-state index contributed by atoms with van der Waals surface area (Å²) in [6.45, 7) is 1.10. The van der Waals surface area contributed by atoms with Crippen LogP contribution in [0.4, 0.5) is 0 Å². The molecule has 6 heteroatoms. The molecule has 0 aromatic rings. The highest BCUT2D eigenvalue weighted by molar-refractivity contribution is 5.90. The highest BCUT2D eigenvalue weighted by Crippen LogP contribution is 2.37. The van der Waals surface area contributed by atoms with Gasteiger partial charge in [0.1, 0.15) is 6.04 Å². The average molecular weight is 276 g/mol. The van der Waals surface area contributed by atoms with Gasteiger partial charge >= 0.3 is 0 Å². The van der Waals surface area contributed by atoms with Crippen molar-refractivity contribution in [2.45, 2.75) is 44.6 Å². The molecule has 18 heavy (non-hydrogen) atoms. The minimum atomic E-state index is -0.419. The molecule has 1 saturated heterocycles. The van der Waals surface area contributed by atoms with Crippen molar-refractivity contribution in [3.8, 4) is 0 Å². The Hall–Kier alpha value is -0.810. The molecule has 0 aromatic heterocycles. The van der Waals surface area contributed by atoms with Gasteiger partial charge in [0.2, 0.25) is 11.8 Å². The smallest absolute Gasteiger partial charge is 0.242 e. The normalized spacial score (nSPS) is 26.1. The van der Waals surface area contributed by atoms with Crippen LogP contribution < -0.4 is 16.4 Å². The first kappa shape index (κ1) is 15.2. The van der Waals surface area contributed by atoms with Crippen LogP contribution in [-0.4, -0.2) is 30.9 Å². The molecule has 104 valence electrons. The molecule has 2 rings (SSSR count). The molecule has 2 aliphatic rings. The van der Waals surface area contributed by atoms with E-state index in [1.807, 2.05) is 0 Å². The SMILES string of the molecule is Cl.NCC1(C(=O)NC2CCCNC2=O)CCCC1. The van der Waals surface area contributed by atoms with Gasteiger partial charge in [-0.3, -0.25) is 9.59 Å². The lowest BCUT2D eigenvalue weighted by Crippen LogP contribution is -2.54. The molecule has 1 heterocycles. The van der Waals surface area contributed by atoms with Gasteiger partial charge in [-0.15, -0.1) is 12.4 Å². The van der Waals surface area contributed by atoms with E-state index in [0.717, 1.165) is 38.5 Å². The third kappa shape index (κ3) is 2.95. The Morgan fingerprint density at radius 2 is 2.06 bits per heavy atom. The lowest BCUT2D eigenvalue weighted by Gasteiger charge is -2.30. The molecule has 1 unspecified atom stereocenters. The minimum absolute atomic E-state index is 0. The number of carbonyl (C=O) groups excluding carboxylic acids is 2. The van der Waals surface area contributed by atoms with Gasteiger partial charge in [-0.25, -0.2) is 0 Å². The Morgan fingerprint density at radius 1 is 1.39 bits per heavy atom. The molecule has 1 atom stereocenters. The lowest BCUT2D eigenvalue weighted by molar-refractivity contribution is -0.135. The maximum absolute atomic E-state index is 12.2. The van der Waals surface area contributed by atoms with E-state index < -0.39 is 5.41 Å². The molecular weight excluding hydrogens is 254 g/mol. The zero-order valence-corrected chi connectivity index (χ0v) is 11.4. The topological polar surface area (TPSA) is 84.2 Å². The van der Waals surface area contributed by atoms with Gasteiger partial charge in [-0.1, -0.05) is 12.8 Å². The van der Waals surface area contributed by atoms with E-state index in [1.54, 1.807) is 0 Å². The Balaban J connectivity index is 0.00000162. The van der Waals surface area contributed by atoms with E-state index in [0.29, 0.717) is 13.1 Å². The highest BCUT2D eigenvalue weighted by atomic mass is 35.5. The number of nitrogens with one attached hydrogen (secondary N) is 2. The summed E-state index contributed by atoms with van der Waals surface area (Å²) in [5, 5.41) is 5.65. The third-order valence-electron chi connectivity index (χ3n) is 4.02. The molecule has 4 N–H and O–H groups in total. The summed E-state index contributed by atoms with van der Waals surface area (Å²) in [5.41, 5.74) is 5.33. The van der Waals surface area contributed by atoms with Crippen molar-refractivity contribution in [2.24, 2.45) is 11.1 Å². The van der Waals surface area contributed by atoms with Crippen molar-refractivity contribution < 1.29 is 9.59 Å². The van der Waals surface area contributed by atoms with Gasteiger partial charge in [-0.2, -0.15) is 0 Å². The molecule has 5 nitrogen and oxygen atoms in total. The van der Waals surface area contributed by atoms with Crippen molar-refractivity contribution in [1.29, 1.82) is 0 Å². The monoisotopic (exact) mass is 275 g/mol. The van der Waals surface area contributed by atoms with Crippen LogP contribution in [0.5, 0.6) is 0 Å². The summed E-state index contributed by atoms with van der Waals surface area (Å²) >= 11 is 0. The number of amides is 2. The maximum Gasteiger partial charge on any atom is 0.242 e. The van der Waals surface area contributed by atoms with E-state index >= 15 is 0 Å². The third-order valence-corrected chi connectivity index (χ3v) is 4.02. The Bertz CT molecular complexity index is 316. The second-order valence-corrected chi connectivity index (χ2v) is 5.15. The van der Waals surface area contributed by atoms with Crippen LogP contribution in [-0.2, 0) is 9.59 Å². The first-order valence-corrected chi connectivity index (χ1v) is 6.47. The highest BCUT2D eigenvalue weighted by Gasteiger charge is 2.41. The fourth-order valence-corrected chi connectivity index (χ4v) is 2.80. The fraction of sp³-hybridized carbons (Fsp3) is 0.833. The van der Waals surface area contributed by atoms with Gasteiger partial charge < -0.3 is 16.4 Å². The van der Waals surface area contributed by atoms with Crippen molar-refractivity contribution in [3.63, 3.8) is 0 Å². The first-order chi connectivity index (χ1) is 8.18.